The summed E-state index contributed by atoms with van der Waals surface area (Å²) in [5.41, 5.74) is 4.35. The van der Waals surface area contributed by atoms with Gasteiger partial charge in [-0.15, -0.1) is 0 Å². The van der Waals surface area contributed by atoms with E-state index >= 15 is 0 Å². The maximum absolute atomic E-state index is 12.7. The lowest BCUT2D eigenvalue weighted by Crippen LogP contribution is -2.27. The third kappa shape index (κ3) is 2.84. The molecule has 2 aromatic rings. The van der Waals surface area contributed by atoms with E-state index in [2.05, 4.69) is 9.97 Å². The van der Waals surface area contributed by atoms with Crippen LogP contribution in [-0.2, 0) is 6.54 Å². The van der Waals surface area contributed by atoms with E-state index in [1.807, 2.05) is 31.7 Å². The van der Waals surface area contributed by atoms with Gasteiger partial charge in [-0.25, -0.2) is 9.37 Å². The van der Waals surface area contributed by atoms with Crippen LogP contribution in [0.1, 0.15) is 45.7 Å². The smallest absolute Gasteiger partial charge is 0.255 e. The predicted molar refractivity (Wildman–Crippen MR) is 87.7 cm³/mol. The summed E-state index contributed by atoms with van der Waals surface area (Å²) in [5.74, 6) is 0.443. The van der Waals surface area contributed by atoms with Crippen LogP contribution >= 0.6 is 0 Å². The molecule has 6 heteroatoms. The molecule has 0 N–H and O–H groups in total. The standard InChI is InChI=1S/C18H20FN3O2/c1-11-8-14(9-21-17(11)24-7-5-19)13(3)22-10-16-12(2)20-6-4-15(16)18(22)23/h4,6,8-9,13H,5,7,10H2,1-3H3. The van der Waals surface area contributed by atoms with Crippen LogP contribution in [0.3, 0.4) is 0 Å². The number of ether oxygens (including phenoxy) is 1. The molecule has 3 heterocycles. The minimum atomic E-state index is -0.548. The van der Waals surface area contributed by atoms with Gasteiger partial charge in [0.1, 0.15) is 13.3 Å². The van der Waals surface area contributed by atoms with Crippen molar-refractivity contribution in [3.05, 3.63) is 52.5 Å². The third-order valence-electron chi connectivity index (χ3n) is 4.41. The Morgan fingerprint density at radius 1 is 1.38 bits per heavy atom. The first-order valence-corrected chi connectivity index (χ1v) is 7.93. The van der Waals surface area contributed by atoms with E-state index in [1.165, 1.54) is 0 Å². The fourth-order valence-corrected chi connectivity index (χ4v) is 2.99. The molecule has 0 fully saturated rings. The van der Waals surface area contributed by atoms with E-state index in [0.29, 0.717) is 12.4 Å². The van der Waals surface area contributed by atoms with Crippen molar-refractivity contribution < 1.29 is 13.9 Å². The van der Waals surface area contributed by atoms with Crippen LogP contribution in [0.2, 0.25) is 0 Å². The summed E-state index contributed by atoms with van der Waals surface area (Å²) in [6, 6.07) is 3.59. The molecule has 0 saturated carbocycles. The largest absolute Gasteiger partial charge is 0.475 e. The Balaban J connectivity index is 1.83. The maximum atomic E-state index is 12.7. The van der Waals surface area contributed by atoms with Crippen LogP contribution in [0.25, 0.3) is 0 Å². The summed E-state index contributed by atoms with van der Waals surface area (Å²) in [6.07, 6.45) is 3.36. The van der Waals surface area contributed by atoms with Crippen LogP contribution in [0.4, 0.5) is 4.39 Å². The molecule has 0 radical (unpaired) electrons. The van der Waals surface area contributed by atoms with Crippen molar-refractivity contribution in [2.45, 2.75) is 33.4 Å². The summed E-state index contributed by atoms with van der Waals surface area (Å²) >= 11 is 0. The molecule has 5 nitrogen and oxygen atoms in total. The zero-order valence-electron chi connectivity index (χ0n) is 14.0. The highest BCUT2D eigenvalue weighted by atomic mass is 19.1. The number of amides is 1. The van der Waals surface area contributed by atoms with E-state index in [4.69, 9.17) is 4.74 Å². The first kappa shape index (κ1) is 16.4. The lowest BCUT2D eigenvalue weighted by Gasteiger charge is -2.25. The van der Waals surface area contributed by atoms with Gasteiger partial charge in [0.2, 0.25) is 5.88 Å². The molecule has 0 bridgehead atoms. The molecule has 1 amide bonds. The van der Waals surface area contributed by atoms with E-state index in [9.17, 15) is 9.18 Å². The van der Waals surface area contributed by atoms with Crippen molar-refractivity contribution in [3.8, 4) is 5.88 Å². The minimum Gasteiger partial charge on any atom is -0.475 e. The quantitative estimate of drug-likeness (QED) is 0.845. The molecule has 1 aliphatic heterocycles. The maximum Gasteiger partial charge on any atom is 0.255 e. The molecule has 3 rings (SSSR count). The van der Waals surface area contributed by atoms with Crippen molar-refractivity contribution in [2.24, 2.45) is 0 Å². The lowest BCUT2D eigenvalue weighted by molar-refractivity contribution is 0.0715. The molecule has 24 heavy (non-hydrogen) atoms. The Morgan fingerprint density at radius 3 is 2.83 bits per heavy atom. The van der Waals surface area contributed by atoms with Gasteiger partial charge in [0.05, 0.1) is 6.04 Å². The number of carbonyl (C=O) groups is 1. The SMILES string of the molecule is Cc1cc(C(C)N2Cc3c(ccnc3C)C2=O)cnc1OCCF. The van der Waals surface area contributed by atoms with Crippen LogP contribution in [0, 0.1) is 13.8 Å². The second-order valence-electron chi connectivity index (χ2n) is 5.96. The first-order chi connectivity index (χ1) is 11.5. The number of aromatic nitrogens is 2. The number of fused-ring (bicyclic) bond motifs is 1. The van der Waals surface area contributed by atoms with Gasteiger partial charge < -0.3 is 9.64 Å². The van der Waals surface area contributed by atoms with E-state index in [1.54, 1.807) is 18.5 Å². The van der Waals surface area contributed by atoms with E-state index in [0.717, 1.165) is 27.9 Å². The molecule has 0 saturated heterocycles. The van der Waals surface area contributed by atoms with Crippen molar-refractivity contribution in [1.82, 2.24) is 14.9 Å². The number of pyridine rings is 2. The van der Waals surface area contributed by atoms with Crippen molar-refractivity contribution >= 4 is 5.91 Å². The molecule has 0 aliphatic carbocycles. The molecule has 0 aromatic carbocycles. The highest BCUT2D eigenvalue weighted by Gasteiger charge is 2.32. The summed E-state index contributed by atoms with van der Waals surface area (Å²) in [4.78, 5) is 23.0. The van der Waals surface area contributed by atoms with Gasteiger partial charge in [0.15, 0.2) is 0 Å². The molecule has 1 unspecified atom stereocenters. The highest BCUT2D eigenvalue weighted by Crippen LogP contribution is 2.32. The van der Waals surface area contributed by atoms with Gasteiger partial charge >= 0.3 is 0 Å². The summed E-state index contributed by atoms with van der Waals surface area (Å²) in [7, 11) is 0. The second kappa shape index (κ2) is 6.55. The number of hydrogen-bond donors (Lipinski definition) is 0. The first-order valence-electron chi connectivity index (χ1n) is 7.93. The van der Waals surface area contributed by atoms with Crippen LogP contribution < -0.4 is 4.74 Å². The van der Waals surface area contributed by atoms with Gasteiger partial charge in [0.25, 0.3) is 5.91 Å². The van der Waals surface area contributed by atoms with Crippen molar-refractivity contribution in [2.75, 3.05) is 13.3 Å². The Labute approximate surface area is 140 Å². The zero-order chi connectivity index (χ0) is 17.3. The molecule has 2 aromatic heterocycles. The fourth-order valence-electron chi connectivity index (χ4n) is 2.99. The van der Waals surface area contributed by atoms with Gasteiger partial charge in [0, 0.05) is 41.3 Å². The number of aryl methyl sites for hydroxylation is 2. The number of hydrogen-bond acceptors (Lipinski definition) is 4. The highest BCUT2D eigenvalue weighted by molar-refractivity contribution is 5.98. The fraction of sp³-hybridized carbons (Fsp3) is 0.389. The monoisotopic (exact) mass is 329 g/mol. The molecule has 126 valence electrons. The molecule has 1 atom stereocenters. The Bertz CT molecular complexity index is 779. The number of halogens is 1. The average molecular weight is 329 g/mol. The summed E-state index contributed by atoms with van der Waals surface area (Å²) in [6.45, 7) is 5.76. The predicted octanol–water partition coefficient (Wildman–Crippen LogP) is 3.16. The van der Waals surface area contributed by atoms with Crippen LogP contribution in [-0.4, -0.2) is 34.1 Å². The lowest BCUT2D eigenvalue weighted by atomic mass is 10.1. The topological polar surface area (TPSA) is 55.3 Å². The van der Waals surface area contributed by atoms with Gasteiger partial charge in [-0.3, -0.25) is 9.78 Å². The summed E-state index contributed by atoms with van der Waals surface area (Å²) in [5, 5.41) is 0. The Hall–Kier alpha value is -2.50. The van der Waals surface area contributed by atoms with Gasteiger partial charge in [-0.2, -0.15) is 0 Å². The van der Waals surface area contributed by atoms with Crippen molar-refractivity contribution in [1.29, 1.82) is 0 Å². The molecule has 1 aliphatic rings. The number of nitrogens with zero attached hydrogens (tertiary/aromatic N) is 3. The Kier molecular flexibility index (Phi) is 4.46. The normalized spacial score (nSPS) is 14.7. The zero-order valence-corrected chi connectivity index (χ0v) is 14.0. The summed E-state index contributed by atoms with van der Waals surface area (Å²) < 4.78 is 17.5. The second-order valence-corrected chi connectivity index (χ2v) is 5.96. The van der Waals surface area contributed by atoms with Gasteiger partial charge in [-0.05, 0) is 38.5 Å². The third-order valence-corrected chi connectivity index (χ3v) is 4.41. The Morgan fingerprint density at radius 2 is 2.17 bits per heavy atom. The van der Waals surface area contributed by atoms with E-state index < -0.39 is 6.67 Å². The van der Waals surface area contributed by atoms with E-state index in [-0.39, 0.29) is 18.6 Å². The minimum absolute atomic E-state index is 0.00502. The molecular formula is C18H20FN3O2. The molecular weight excluding hydrogens is 309 g/mol. The molecule has 0 spiro atoms. The van der Waals surface area contributed by atoms with Crippen molar-refractivity contribution in [3.63, 3.8) is 0 Å². The average Bonchev–Trinajstić information content (AvgIpc) is 2.91. The van der Waals surface area contributed by atoms with Crippen LogP contribution in [0.15, 0.2) is 24.5 Å². The van der Waals surface area contributed by atoms with Crippen LogP contribution in [0.5, 0.6) is 5.88 Å². The number of carbonyl (C=O) groups excluding carboxylic acids is 1. The van der Waals surface area contributed by atoms with Gasteiger partial charge in [-0.1, -0.05) is 0 Å². The number of alkyl halides is 1. The number of rotatable bonds is 5.